The van der Waals surface area contributed by atoms with Gasteiger partial charge in [-0.25, -0.2) is 0 Å². The summed E-state index contributed by atoms with van der Waals surface area (Å²) in [5.41, 5.74) is 0.811. The first kappa shape index (κ1) is 16.9. The number of hydrogen-bond donors (Lipinski definition) is 1. The van der Waals surface area contributed by atoms with E-state index in [9.17, 15) is 18.0 Å². The number of carbonyl (C=O) groups is 1. The predicted molar refractivity (Wildman–Crippen MR) is 85.4 cm³/mol. The first-order valence-electron chi connectivity index (χ1n) is 7.47. The molecule has 2 aromatic carbocycles. The highest BCUT2D eigenvalue weighted by Crippen LogP contribution is 2.27. The Kier molecular flexibility index (Phi) is 4.65. The Balaban J connectivity index is 1.88. The minimum atomic E-state index is -4.50. The van der Waals surface area contributed by atoms with E-state index in [2.05, 4.69) is 0 Å². The topological polar surface area (TPSA) is 51.5 Å². The average molecular weight is 349 g/mol. The molecule has 0 aliphatic heterocycles. The predicted octanol–water partition coefficient (Wildman–Crippen LogP) is 4.30. The third-order valence-electron chi connectivity index (χ3n) is 3.48. The van der Waals surface area contributed by atoms with Crippen molar-refractivity contribution in [2.45, 2.75) is 12.8 Å². The summed E-state index contributed by atoms with van der Waals surface area (Å²) in [6.45, 7) is -1.43. The van der Waals surface area contributed by atoms with Crippen molar-refractivity contribution in [3.63, 3.8) is 0 Å². The second kappa shape index (κ2) is 6.88. The van der Waals surface area contributed by atoms with Crippen LogP contribution in [0.5, 0.6) is 5.75 Å². The van der Waals surface area contributed by atoms with Crippen molar-refractivity contribution in [2.24, 2.45) is 0 Å². The van der Waals surface area contributed by atoms with Crippen LogP contribution in [0.4, 0.5) is 13.2 Å². The number of para-hydroxylation sites is 2. The van der Waals surface area contributed by atoms with Crippen LogP contribution in [0.25, 0.3) is 11.0 Å². The van der Waals surface area contributed by atoms with Crippen LogP contribution in [0.1, 0.15) is 16.1 Å². The number of rotatable bonds is 5. The normalized spacial score (nSPS) is 11.5. The van der Waals surface area contributed by atoms with Crippen LogP contribution in [-0.2, 0) is 6.61 Å². The lowest BCUT2D eigenvalue weighted by Gasteiger charge is -2.09. The molecule has 0 atom stereocenters. The number of carbonyl (C=O) groups excluding carboxylic acids is 1. The number of nitrogens with one attached hydrogen (secondary N) is 1. The summed E-state index contributed by atoms with van der Waals surface area (Å²) >= 11 is 0. The highest BCUT2D eigenvalue weighted by molar-refractivity contribution is 5.99. The molecule has 0 fully saturated rings. The van der Waals surface area contributed by atoms with Crippen LogP contribution < -0.4 is 10.1 Å². The number of fused-ring (bicyclic) bond motifs is 1. The van der Waals surface area contributed by atoms with Crippen LogP contribution in [0.3, 0.4) is 0 Å². The first-order chi connectivity index (χ1) is 11.9. The zero-order valence-electron chi connectivity index (χ0n) is 13.0. The van der Waals surface area contributed by atoms with Gasteiger partial charge in [-0.15, -0.1) is 0 Å². The van der Waals surface area contributed by atoms with E-state index in [1.54, 1.807) is 48.5 Å². The van der Waals surface area contributed by atoms with Crippen LogP contribution in [0.2, 0.25) is 0 Å². The summed E-state index contributed by atoms with van der Waals surface area (Å²) in [5.74, 6) is -0.531. The molecule has 4 nitrogen and oxygen atoms in total. The summed E-state index contributed by atoms with van der Waals surface area (Å²) in [6, 6.07) is 15.7. The van der Waals surface area contributed by atoms with Gasteiger partial charge in [-0.3, -0.25) is 4.79 Å². The van der Waals surface area contributed by atoms with Crippen molar-refractivity contribution < 1.29 is 27.1 Å². The van der Waals surface area contributed by atoms with E-state index in [1.807, 2.05) is 11.4 Å². The summed E-state index contributed by atoms with van der Waals surface area (Å²) in [5, 5.41) is 2.45. The van der Waals surface area contributed by atoms with E-state index in [0.717, 1.165) is 0 Å². The Bertz CT molecular complexity index is 872. The Hall–Kier alpha value is -2.96. The molecule has 130 valence electrons. The van der Waals surface area contributed by atoms with Crippen molar-refractivity contribution in [1.82, 2.24) is 5.32 Å². The highest BCUT2D eigenvalue weighted by Gasteiger charge is 2.29. The van der Waals surface area contributed by atoms with Crippen molar-refractivity contribution in [1.29, 1.82) is 0 Å². The Labute approximate surface area is 141 Å². The number of halogens is 3. The van der Waals surface area contributed by atoms with Crippen LogP contribution in [0.15, 0.2) is 59.0 Å². The number of hydrogen-bond acceptors (Lipinski definition) is 3. The minimum Gasteiger partial charge on any atom is -0.489 e. The van der Waals surface area contributed by atoms with E-state index in [1.165, 1.54) is 0 Å². The monoisotopic (exact) mass is 349 g/mol. The number of ether oxygens (including phenoxy) is 1. The minimum absolute atomic E-state index is 0.00417. The van der Waals surface area contributed by atoms with Gasteiger partial charge in [0.1, 0.15) is 24.5 Å². The molecule has 0 unspecified atom stereocenters. The van der Waals surface area contributed by atoms with Gasteiger partial charge < -0.3 is 14.5 Å². The molecule has 7 heteroatoms. The van der Waals surface area contributed by atoms with Gasteiger partial charge in [-0.05, 0) is 18.2 Å². The Morgan fingerprint density at radius 2 is 1.72 bits per heavy atom. The quantitative estimate of drug-likeness (QED) is 0.747. The zero-order chi connectivity index (χ0) is 17.9. The second-order valence-corrected chi connectivity index (χ2v) is 5.31. The van der Waals surface area contributed by atoms with Crippen LogP contribution in [-0.4, -0.2) is 18.6 Å². The number of furan rings is 1. The maximum absolute atomic E-state index is 12.3. The molecule has 3 aromatic rings. The van der Waals surface area contributed by atoms with Gasteiger partial charge in [0.25, 0.3) is 5.91 Å². The van der Waals surface area contributed by atoms with Crippen molar-refractivity contribution in [3.05, 3.63) is 65.9 Å². The molecule has 25 heavy (non-hydrogen) atoms. The summed E-state index contributed by atoms with van der Waals surface area (Å²) in [7, 11) is 0. The van der Waals surface area contributed by atoms with E-state index < -0.39 is 18.6 Å². The van der Waals surface area contributed by atoms with Crippen molar-refractivity contribution in [2.75, 3.05) is 6.54 Å². The molecule has 0 saturated heterocycles. The molecule has 1 heterocycles. The van der Waals surface area contributed by atoms with E-state index in [0.29, 0.717) is 22.3 Å². The fraction of sp³-hybridized carbons (Fsp3) is 0.167. The Morgan fingerprint density at radius 3 is 2.44 bits per heavy atom. The van der Waals surface area contributed by atoms with Gasteiger partial charge in [0.15, 0.2) is 5.76 Å². The number of benzene rings is 2. The first-order valence-corrected chi connectivity index (χ1v) is 7.47. The molecule has 3 rings (SSSR count). The molecular weight excluding hydrogens is 335 g/mol. The van der Waals surface area contributed by atoms with Gasteiger partial charge in [-0.1, -0.05) is 36.4 Å². The van der Waals surface area contributed by atoms with Crippen LogP contribution >= 0.6 is 0 Å². The summed E-state index contributed by atoms with van der Waals surface area (Å²) in [6.07, 6.45) is -4.50. The molecule has 0 aliphatic rings. The number of alkyl halides is 3. The van der Waals surface area contributed by atoms with E-state index >= 15 is 0 Å². The molecule has 0 bridgehead atoms. The maximum atomic E-state index is 12.3. The molecule has 0 aliphatic carbocycles. The summed E-state index contributed by atoms with van der Waals surface area (Å²) < 4.78 is 48.1. The molecule has 1 N–H and O–H groups in total. The molecule has 1 amide bonds. The zero-order valence-corrected chi connectivity index (χ0v) is 13.0. The molecule has 0 spiro atoms. The fourth-order valence-corrected chi connectivity index (χ4v) is 2.36. The van der Waals surface area contributed by atoms with E-state index in [-0.39, 0.29) is 12.4 Å². The molecule has 1 aromatic heterocycles. The van der Waals surface area contributed by atoms with Crippen molar-refractivity contribution >= 4 is 16.9 Å². The Morgan fingerprint density at radius 1 is 1.04 bits per heavy atom. The smallest absolute Gasteiger partial charge is 0.405 e. The van der Waals surface area contributed by atoms with Gasteiger partial charge in [0.2, 0.25) is 0 Å². The lowest BCUT2D eigenvalue weighted by molar-refractivity contribution is -0.123. The number of amides is 1. The van der Waals surface area contributed by atoms with Gasteiger partial charge >= 0.3 is 6.18 Å². The standard InChI is InChI=1S/C18H14F3NO3/c19-18(20,21)11-22-17(23)16-14(10-24-12-6-2-1-3-7-12)13-8-4-5-9-15(13)25-16/h1-9H,10-11H2,(H,22,23). The molecular formula is C18H14F3NO3. The third kappa shape index (κ3) is 4.12. The molecule has 0 radical (unpaired) electrons. The van der Waals surface area contributed by atoms with Crippen molar-refractivity contribution in [3.8, 4) is 5.75 Å². The lowest BCUT2D eigenvalue weighted by atomic mass is 10.1. The molecule has 0 saturated carbocycles. The largest absolute Gasteiger partial charge is 0.489 e. The third-order valence-corrected chi connectivity index (χ3v) is 3.48. The van der Waals surface area contributed by atoms with Gasteiger partial charge in [0, 0.05) is 10.9 Å². The summed E-state index contributed by atoms with van der Waals surface area (Å²) in [4.78, 5) is 12.1. The van der Waals surface area contributed by atoms with Gasteiger partial charge in [-0.2, -0.15) is 13.2 Å². The maximum Gasteiger partial charge on any atom is 0.405 e. The SMILES string of the molecule is O=C(NCC(F)(F)F)c1oc2ccccc2c1COc1ccccc1. The average Bonchev–Trinajstić information content (AvgIpc) is 2.97. The highest BCUT2D eigenvalue weighted by atomic mass is 19.4. The van der Waals surface area contributed by atoms with E-state index in [4.69, 9.17) is 9.15 Å². The fourth-order valence-electron chi connectivity index (χ4n) is 2.36. The van der Waals surface area contributed by atoms with Crippen LogP contribution in [0, 0.1) is 0 Å². The second-order valence-electron chi connectivity index (χ2n) is 5.31. The van der Waals surface area contributed by atoms with Gasteiger partial charge in [0.05, 0.1) is 0 Å². The lowest BCUT2D eigenvalue weighted by Crippen LogP contribution is -2.34.